The molecule has 0 aromatic heterocycles. The van der Waals surface area contributed by atoms with Crippen molar-refractivity contribution in [2.45, 2.75) is 200 Å². The highest BCUT2D eigenvalue weighted by molar-refractivity contribution is 8.13. The van der Waals surface area contributed by atoms with Crippen LogP contribution in [0.15, 0.2) is 12.2 Å². The smallest absolute Gasteiger partial charge is 0.306 e. The molecule has 0 spiro atoms. The number of ether oxygens (including phenoxy) is 2. The molecule has 0 aliphatic rings. The Balaban J connectivity index is 4.43. The van der Waals surface area contributed by atoms with Gasteiger partial charge in [0.05, 0.1) is 0 Å². The SMILES string of the molecule is CCCCCC/C=C\COC(=O)CCCCCCCN(CCCCCC(=O)OC(CCCCCCC)CCCCCCC)C(=O)SCCN(C)C. The second kappa shape index (κ2) is 38.2. The van der Waals surface area contributed by atoms with Crippen molar-refractivity contribution in [3.05, 3.63) is 12.2 Å². The highest BCUT2D eigenvalue weighted by atomic mass is 32.2. The van der Waals surface area contributed by atoms with Crippen LogP contribution >= 0.6 is 11.8 Å². The van der Waals surface area contributed by atoms with Crippen molar-refractivity contribution >= 4 is 28.9 Å². The van der Waals surface area contributed by atoms with E-state index >= 15 is 0 Å². The third kappa shape index (κ3) is 35.3. The minimum atomic E-state index is -0.110. The first-order valence-electron chi connectivity index (χ1n) is 21.4. The van der Waals surface area contributed by atoms with Gasteiger partial charge in [-0.15, -0.1) is 0 Å². The molecule has 0 saturated carbocycles. The summed E-state index contributed by atoms with van der Waals surface area (Å²) in [7, 11) is 4.06. The van der Waals surface area contributed by atoms with Gasteiger partial charge in [-0.1, -0.05) is 141 Å². The molecule has 0 fully saturated rings. The largest absolute Gasteiger partial charge is 0.462 e. The lowest BCUT2D eigenvalue weighted by Gasteiger charge is -2.23. The first kappa shape index (κ1) is 49.5. The van der Waals surface area contributed by atoms with E-state index < -0.39 is 0 Å². The zero-order chi connectivity index (χ0) is 37.6. The molecule has 0 bridgehead atoms. The topological polar surface area (TPSA) is 76.1 Å². The molecular formula is C43H82N2O5S. The van der Waals surface area contributed by atoms with E-state index in [1.165, 1.54) is 88.8 Å². The fourth-order valence-electron chi connectivity index (χ4n) is 6.10. The molecule has 8 heteroatoms. The number of esters is 2. The third-order valence-electron chi connectivity index (χ3n) is 9.43. The normalized spacial score (nSPS) is 11.6. The summed E-state index contributed by atoms with van der Waals surface area (Å²) < 4.78 is 11.3. The van der Waals surface area contributed by atoms with Crippen LogP contribution in [0.4, 0.5) is 4.79 Å². The van der Waals surface area contributed by atoms with Crippen LogP contribution in [-0.4, -0.2) is 79.2 Å². The van der Waals surface area contributed by atoms with E-state index in [-0.39, 0.29) is 23.3 Å². The van der Waals surface area contributed by atoms with Gasteiger partial charge in [-0.3, -0.25) is 14.4 Å². The molecule has 0 aliphatic heterocycles. The Morgan fingerprint density at radius 1 is 0.569 bits per heavy atom. The van der Waals surface area contributed by atoms with Gasteiger partial charge in [-0.2, -0.15) is 0 Å². The predicted molar refractivity (Wildman–Crippen MR) is 220 cm³/mol. The second-order valence-electron chi connectivity index (χ2n) is 14.8. The molecular weight excluding hydrogens is 657 g/mol. The molecule has 0 atom stereocenters. The summed E-state index contributed by atoms with van der Waals surface area (Å²) in [6.07, 6.45) is 33.1. The third-order valence-corrected chi connectivity index (χ3v) is 10.3. The Bertz CT molecular complexity index is 823. The fraction of sp³-hybridized carbons (Fsp3) is 0.884. The summed E-state index contributed by atoms with van der Waals surface area (Å²) in [6, 6.07) is 0. The van der Waals surface area contributed by atoms with Crippen LogP contribution in [-0.2, 0) is 19.1 Å². The summed E-state index contributed by atoms with van der Waals surface area (Å²) in [4.78, 5) is 42.0. The summed E-state index contributed by atoms with van der Waals surface area (Å²) in [5.41, 5.74) is 0. The molecule has 300 valence electrons. The van der Waals surface area contributed by atoms with Crippen molar-refractivity contribution in [1.82, 2.24) is 9.80 Å². The first-order chi connectivity index (χ1) is 24.8. The molecule has 0 rings (SSSR count). The van der Waals surface area contributed by atoms with E-state index in [0.29, 0.717) is 19.4 Å². The Morgan fingerprint density at radius 3 is 1.65 bits per heavy atom. The number of amides is 1. The Morgan fingerprint density at radius 2 is 1.06 bits per heavy atom. The number of allylic oxidation sites excluding steroid dienone is 1. The van der Waals surface area contributed by atoms with Crippen molar-refractivity contribution in [2.75, 3.05) is 46.1 Å². The average molecular weight is 739 g/mol. The van der Waals surface area contributed by atoms with E-state index in [2.05, 4.69) is 31.7 Å². The number of hydrogen-bond acceptors (Lipinski definition) is 7. The molecule has 0 aromatic rings. The molecule has 7 nitrogen and oxygen atoms in total. The number of unbranched alkanes of at least 4 members (excludes halogenated alkanes) is 18. The summed E-state index contributed by atoms with van der Waals surface area (Å²) in [5, 5.41) is 0.162. The zero-order valence-electron chi connectivity index (χ0n) is 34.2. The van der Waals surface area contributed by atoms with Gasteiger partial charge < -0.3 is 19.3 Å². The lowest BCUT2D eigenvalue weighted by atomic mass is 10.0. The lowest BCUT2D eigenvalue weighted by molar-refractivity contribution is -0.150. The second-order valence-corrected chi connectivity index (χ2v) is 15.8. The molecule has 1 amide bonds. The Hall–Kier alpha value is -1.54. The lowest BCUT2D eigenvalue weighted by Crippen LogP contribution is -2.30. The molecule has 0 radical (unpaired) electrons. The predicted octanol–water partition coefficient (Wildman–Crippen LogP) is 12.3. The van der Waals surface area contributed by atoms with Gasteiger partial charge in [0.1, 0.15) is 12.7 Å². The van der Waals surface area contributed by atoms with E-state index in [9.17, 15) is 14.4 Å². The van der Waals surface area contributed by atoms with Crippen molar-refractivity contribution in [3.8, 4) is 0 Å². The monoisotopic (exact) mass is 739 g/mol. The fourth-order valence-corrected chi connectivity index (χ4v) is 7.09. The van der Waals surface area contributed by atoms with Crippen LogP contribution in [0.3, 0.4) is 0 Å². The van der Waals surface area contributed by atoms with Gasteiger partial charge in [-0.05, 0) is 78.3 Å². The minimum Gasteiger partial charge on any atom is -0.462 e. The minimum absolute atomic E-state index is 0.0486. The highest BCUT2D eigenvalue weighted by Crippen LogP contribution is 2.18. The van der Waals surface area contributed by atoms with Gasteiger partial charge in [0.25, 0.3) is 5.24 Å². The molecule has 0 aliphatic carbocycles. The number of carbonyl (C=O) groups excluding carboxylic acids is 3. The van der Waals surface area contributed by atoms with Crippen molar-refractivity contribution in [2.24, 2.45) is 0 Å². The van der Waals surface area contributed by atoms with E-state index in [4.69, 9.17) is 9.47 Å². The van der Waals surface area contributed by atoms with Gasteiger partial charge in [0, 0.05) is 38.2 Å². The highest BCUT2D eigenvalue weighted by Gasteiger charge is 2.16. The van der Waals surface area contributed by atoms with Gasteiger partial charge in [-0.25, -0.2) is 0 Å². The molecule has 51 heavy (non-hydrogen) atoms. The van der Waals surface area contributed by atoms with E-state index in [1.807, 2.05) is 25.1 Å². The number of hydrogen-bond donors (Lipinski definition) is 0. The molecule has 0 unspecified atom stereocenters. The number of rotatable bonds is 37. The maximum atomic E-state index is 13.1. The first-order valence-corrected chi connectivity index (χ1v) is 22.4. The number of nitrogens with zero attached hydrogens (tertiary/aromatic N) is 2. The molecule has 0 saturated heterocycles. The number of thioether (sulfide) groups is 1. The van der Waals surface area contributed by atoms with Crippen LogP contribution in [0.5, 0.6) is 0 Å². The van der Waals surface area contributed by atoms with Gasteiger partial charge in [0.15, 0.2) is 0 Å². The van der Waals surface area contributed by atoms with Crippen molar-refractivity contribution in [3.63, 3.8) is 0 Å². The van der Waals surface area contributed by atoms with E-state index in [0.717, 1.165) is 109 Å². The standard InChI is InChI=1S/C43H82N2O5S/c1-6-9-12-15-16-22-30-38-49-41(46)33-26-20-17-21-28-35-45(43(48)51-39-37-44(4)5)36-29-23-27-34-42(47)50-40(31-24-18-13-10-7-2)32-25-19-14-11-8-3/h22,30,40H,6-21,23-29,31-39H2,1-5H3/b30-22-. The average Bonchev–Trinajstić information content (AvgIpc) is 3.10. The van der Waals surface area contributed by atoms with Crippen LogP contribution < -0.4 is 0 Å². The van der Waals surface area contributed by atoms with Crippen molar-refractivity contribution < 1.29 is 23.9 Å². The van der Waals surface area contributed by atoms with Crippen LogP contribution in [0.2, 0.25) is 0 Å². The summed E-state index contributed by atoms with van der Waals surface area (Å²) >= 11 is 1.41. The van der Waals surface area contributed by atoms with Gasteiger partial charge >= 0.3 is 11.9 Å². The summed E-state index contributed by atoms with van der Waals surface area (Å²) in [6.45, 7) is 9.46. The molecule has 0 heterocycles. The Labute approximate surface area is 320 Å². The maximum absolute atomic E-state index is 13.1. The molecule has 0 aromatic carbocycles. The van der Waals surface area contributed by atoms with Crippen LogP contribution in [0, 0.1) is 0 Å². The number of carbonyl (C=O) groups is 3. The van der Waals surface area contributed by atoms with E-state index in [1.54, 1.807) is 0 Å². The van der Waals surface area contributed by atoms with Crippen LogP contribution in [0.25, 0.3) is 0 Å². The Kier molecular flexibility index (Phi) is 37.0. The zero-order valence-corrected chi connectivity index (χ0v) is 35.0. The van der Waals surface area contributed by atoms with Gasteiger partial charge in [0.2, 0.25) is 0 Å². The van der Waals surface area contributed by atoms with Crippen LogP contribution in [0.1, 0.15) is 194 Å². The summed E-state index contributed by atoms with van der Waals surface area (Å²) in [5.74, 6) is 0.630. The molecule has 0 N–H and O–H groups in total. The van der Waals surface area contributed by atoms with Crippen molar-refractivity contribution in [1.29, 1.82) is 0 Å². The maximum Gasteiger partial charge on any atom is 0.306 e. The quantitative estimate of drug-likeness (QED) is 0.0357.